The summed E-state index contributed by atoms with van der Waals surface area (Å²) in [5, 5.41) is 3.12. The number of rotatable bonds is 6. The fourth-order valence-corrected chi connectivity index (χ4v) is 3.04. The molecule has 1 fully saturated rings. The Morgan fingerprint density at radius 1 is 1.37 bits per heavy atom. The highest BCUT2D eigenvalue weighted by atomic mass is 16.2. The molecule has 0 aromatic rings. The van der Waals surface area contributed by atoms with Crippen molar-refractivity contribution >= 4 is 5.91 Å². The van der Waals surface area contributed by atoms with Crippen molar-refractivity contribution in [2.75, 3.05) is 6.54 Å². The Balaban J connectivity index is 2.58. The Morgan fingerprint density at radius 3 is 2.63 bits per heavy atom. The molecule has 0 spiro atoms. The van der Waals surface area contributed by atoms with E-state index in [4.69, 9.17) is 5.73 Å². The van der Waals surface area contributed by atoms with Gasteiger partial charge in [-0.15, -0.1) is 0 Å². The fourth-order valence-electron chi connectivity index (χ4n) is 3.04. The maximum Gasteiger partial charge on any atom is 0.237 e. The number of hydrogen-bond acceptors (Lipinski definition) is 3. The minimum Gasteiger partial charge on any atom is -0.352 e. The molecular weight excluding hydrogens is 238 g/mol. The highest BCUT2D eigenvalue weighted by Gasteiger charge is 2.32. The number of piperidine rings is 1. The van der Waals surface area contributed by atoms with E-state index in [1.807, 2.05) is 13.8 Å². The highest BCUT2D eigenvalue weighted by Crippen LogP contribution is 2.21. The Labute approximate surface area is 118 Å². The van der Waals surface area contributed by atoms with Crippen LogP contribution in [-0.2, 0) is 4.79 Å². The first kappa shape index (κ1) is 16.4. The molecule has 0 saturated carbocycles. The lowest BCUT2D eigenvalue weighted by atomic mass is 9.95. The monoisotopic (exact) mass is 269 g/mol. The first-order chi connectivity index (χ1) is 8.97. The summed E-state index contributed by atoms with van der Waals surface area (Å²) in [7, 11) is 0. The average molecular weight is 269 g/mol. The number of carbonyl (C=O) groups is 1. The molecule has 1 aliphatic heterocycles. The van der Waals surface area contributed by atoms with Gasteiger partial charge in [0, 0.05) is 18.1 Å². The molecule has 4 nitrogen and oxygen atoms in total. The number of nitrogens with one attached hydrogen (secondary N) is 1. The van der Waals surface area contributed by atoms with Gasteiger partial charge < -0.3 is 11.1 Å². The van der Waals surface area contributed by atoms with E-state index >= 15 is 0 Å². The standard InChI is InChI=1S/C15H31N3O/c1-5-8-11(2)17-15(19)13(4)18-10-7-6-9-14(18)12(3)16/h11-14H,5-10,16H2,1-4H3,(H,17,19). The first-order valence-corrected chi connectivity index (χ1v) is 7.79. The summed E-state index contributed by atoms with van der Waals surface area (Å²) in [5.74, 6) is 0.147. The minimum absolute atomic E-state index is 0.0735. The predicted octanol–water partition coefficient (Wildman–Crippen LogP) is 1.88. The van der Waals surface area contributed by atoms with Gasteiger partial charge in [-0.1, -0.05) is 19.8 Å². The van der Waals surface area contributed by atoms with E-state index in [1.165, 1.54) is 12.8 Å². The van der Waals surface area contributed by atoms with Gasteiger partial charge in [-0.2, -0.15) is 0 Å². The number of nitrogens with zero attached hydrogens (tertiary/aromatic N) is 1. The topological polar surface area (TPSA) is 58.4 Å². The molecule has 1 rings (SSSR count). The SMILES string of the molecule is CCCC(C)NC(=O)C(C)N1CCCCC1C(C)N. The Kier molecular flexibility index (Phi) is 6.80. The summed E-state index contributed by atoms with van der Waals surface area (Å²) in [6.07, 6.45) is 5.64. The fraction of sp³-hybridized carbons (Fsp3) is 0.933. The van der Waals surface area contributed by atoms with E-state index in [0.717, 1.165) is 25.8 Å². The lowest BCUT2D eigenvalue weighted by Gasteiger charge is -2.41. The Morgan fingerprint density at radius 2 is 2.05 bits per heavy atom. The molecule has 0 aromatic heterocycles. The van der Waals surface area contributed by atoms with Crippen LogP contribution in [0.3, 0.4) is 0 Å². The molecule has 3 N–H and O–H groups in total. The molecule has 4 heteroatoms. The Hall–Kier alpha value is -0.610. The van der Waals surface area contributed by atoms with Crippen LogP contribution < -0.4 is 11.1 Å². The van der Waals surface area contributed by atoms with Gasteiger partial charge in [0.05, 0.1) is 6.04 Å². The molecule has 0 aromatic carbocycles. The molecule has 0 aliphatic carbocycles. The van der Waals surface area contributed by atoms with Crippen molar-refractivity contribution in [2.45, 2.75) is 84.0 Å². The van der Waals surface area contributed by atoms with Crippen molar-refractivity contribution in [1.29, 1.82) is 0 Å². The second-order valence-corrected chi connectivity index (χ2v) is 6.03. The van der Waals surface area contributed by atoms with Crippen molar-refractivity contribution in [3.63, 3.8) is 0 Å². The van der Waals surface area contributed by atoms with E-state index < -0.39 is 0 Å². The van der Waals surface area contributed by atoms with Crippen LogP contribution in [0.15, 0.2) is 0 Å². The second kappa shape index (κ2) is 7.85. The Bertz CT molecular complexity index is 281. The highest BCUT2D eigenvalue weighted by molar-refractivity contribution is 5.81. The van der Waals surface area contributed by atoms with Crippen LogP contribution in [0.2, 0.25) is 0 Å². The van der Waals surface area contributed by atoms with Gasteiger partial charge >= 0.3 is 0 Å². The average Bonchev–Trinajstić information content (AvgIpc) is 2.37. The first-order valence-electron chi connectivity index (χ1n) is 7.79. The lowest BCUT2D eigenvalue weighted by molar-refractivity contribution is -0.128. The minimum atomic E-state index is -0.0735. The van der Waals surface area contributed by atoms with E-state index in [9.17, 15) is 4.79 Å². The zero-order valence-electron chi connectivity index (χ0n) is 13.0. The lowest BCUT2D eigenvalue weighted by Crippen LogP contribution is -2.57. The van der Waals surface area contributed by atoms with Crippen molar-refractivity contribution < 1.29 is 4.79 Å². The third kappa shape index (κ3) is 4.77. The van der Waals surface area contributed by atoms with Gasteiger partial charge in [0.2, 0.25) is 5.91 Å². The second-order valence-electron chi connectivity index (χ2n) is 6.03. The molecule has 4 unspecified atom stereocenters. The van der Waals surface area contributed by atoms with Crippen LogP contribution in [-0.4, -0.2) is 41.5 Å². The van der Waals surface area contributed by atoms with E-state index in [2.05, 4.69) is 24.1 Å². The van der Waals surface area contributed by atoms with Crippen LogP contribution in [0.25, 0.3) is 0 Å². The van der Waals surface area contributed by atoms with Gasteiger partial charge in [0.25, 0.3) is 0 Å². The van der Waals surface area contributed by atoms with Crippen molar-refractivity contribution in [3.8, 4) is 0 Å². The molecule has 0 bridgehead atoms. The number of carbonyl (C=O) groups excluding carboxylic acids is 1. The van der Waals surface area contributed by atoms with Gasteiger partial charge in [0.15, 0.2) is 0 Å². The predicted molar refractivity (Wildman–Crippen MR) is 80.0 cm³/mol. The number of likely N-dealkylation sites (tertiary alicyclic amines) is 1. The largest absolute Gasteiger partial charge is 0.352 e. The maximum absolute atomic E-state index is 12.3. The van der Waals surface area contributed by atoms with Crippen LogP contribution in [0.4, 0.5) is 0 Å². The molecule has 1 aliphatic rings. The summed E-state index contributed by atoms with van der Waals surface area (Å²) in [6.45, 7) is 9.27. The van der Waals surface area contributed by atoms with Crippen LogP contribution in [0.1, 0.15) is 59.8 Å². The third-order valence-electron chi connectivity index (χ3n) is 4.19. The smallest absolute Gasteiger partial charge is 0.237 e. The van der Waals surface area contributed by atoms with Crippen LogP contribution >= 0.6 is 0 Å². The van der Waals surface area contributed by atoms with E-state index in [0.29, 0.717) is 6.04 Å². The number of nitrogens with two attached hydrogens (primary N) is 1. The molecule has 112 valence electrons. The zero-order chi connectivity index (χ0) is 14.4. The molecule has 0 radical (unpaired) electrons. The van der Waals surface area contributed by atoms with Crippen molar-refractivity contribution in [1.82, 2.24) is 10.2 Å². The van der Waals surface area contributed by atoms with Crippen molar-refractivity contribution in [3.05, 3.63) is 0 Å². The summed E-state index contributed by atoms with van der Waals surface area (Å²) in [6, 6.07) is 0.661. The van der Waals surface area contributed by atoms with Crippen LogP contribution in [0.5, 0.6) is 0 Å². The molecule has 4 atom stereocenters. The summed E-state index contributed by atoms with van der Waals surface area (Å²) < 4.78 is 0. The maximum atomic E-state index is 12.3. The van der Waals surface area contributed by atoms with Gasteiger partial charge in [-0.3, -0.25) is 9.69 Å². The third-order valence-corrected chi connectivity index (χ3v) is 4.19. The molecule has 1 heterocycles. The van der Waals surface area contributed by atoms with E-state index in [-0.39, 0.29) is 24.0 Å². The summed E-state index contributed by atoms with van der Waals surface area (Å²) in [5.41, 5.74) is 6.07. The van der Waals surface area contributed by atoms with Gasteiger partial charge in [0.1, 0.15) is 0 Å². The summed E-state index contributed by atoms with van der Waals surface area (Å²) in [4.78, 5) is 14.6. The van der Waals surface area contributed by atoms with E-state index in [1.54, 1.807) is 0 Å². The van der Waals surface area contributed by atoms with Gasteiger partial charge in [-0.05, 0) is 46.6 Å². The molecule has 1 amide bonds. The van der Waals surface area contributed by atoms with Gasteiger partial charge in [-0.25, -0.2) is 0 Å². The van der Waals surface area contributed by atoms with Crippen LogP contribution in [0, 0.1) is 0 Å². The molecule has 1 saturated heterocycles. The number of amides is 1. The van der Waals surface area contributed by atoms with Crippen molar-refractivity contribution in [2.24, 2.45) is 5.73 Å². The summed E-state index contributed by atoms with van der Waals surface area (Å²) >= 11 is 0. The number of hydrogen-bond donors (Lipinski definition) is 2. The molecular formula is C15H31N3O. The molecule has 19 heavy (non-hydrogen) atoms. The normalized spacial score (nSPS) is 25.6. The quantitative estimate of drug-likeness (QED) is 0.774. The zero-order valence-corrected chi connectivity index (χ0v) is 13.0.